The van der Waals surface area contributed by atoms with Gasteiger partial charge in [0.25, 0.3) is 0 Å². The van der Waals surface area contributed by atoms with Crippen LogP contribution in [-0.4, -0.2) is 27.3 Å². The maximum Gasteiger partial charge on any atom is 0.336 e. The van der Waals surface area contributed by atoms with Crippen LogP contribution in [0, 0.1) is 0 Å². The third-order valence-electron chi connectivity index (χ3n) is 7.16. The number of carboxylic acid groups (broad SMARTS) is 1. The van der Waals surface area contributed by atoms with E-state index in [9.17, 15) is 9.90 Å². The molecule has 2 N–H and O–H groups in total. The van der Waals surface area contributed by atoms with Gasteiger partial charge in [-0.05, 0) is 92.5 Å². The normalized spacial score (nSPS) is 19.5. The number of nitrogens with one attached hydrogen (secondary N) is 1. The summed E-state index contributed by atoms with van der Waals surface area (Å²) in [7, 11) is 0. The number of anilines is 1. The lowest BCUT2D eigenvalue weighted by molar-refractivity contribution is 0.0697. The molecular formula is C30H27N3O4S. The Kier molecular flexibility index (Phi) is 6.55. The van der Waals surface area contributed by atoms with Crippen LogP contribution in [0.1, 0.15) is 59.6 Å². The molecule has 0 amide bonds. The Balaban J connectivity index is 1.37. The van der Waals surface area contributed by atoms with Crippen molar-refractivity contribution >= 4 is 29.0 Å². The molecule has 38 heavy (non-hydrogen) atoms. The van der Waals surface area contributed by atoms with Gasteiger partial charge in [0.2, 0.25) is 0 Å². The Morgan fingerprint density at radius 1 is 1.00 bits per heavy atom. The molecule has 1 aliphatic heterocycles. The van der Waals surface area contributed by atoms with E-state index >= 15 is 0 Å². The summed E-state index contributed by atoms with van der Waals surface area (Å²) in [5.74, 6) is 0.975. The number of thiocarbonyl (C=S) groups is 1. The smallest absolute Gasteiger partial charge is 0.336 e. The fourth-order valence-corrected chi connectivity index (χ4v) is 5.69. The minimum absolute atomic E-state index is 0.185. The summed E-state index contributed by atoms with van der Waals surface area (Å²) in [5, 5.41) is 13.7. The lowest BCUT2D eigenvalue weighted by Crippen LogP contribution is -2.29. The van der Waals surface area contributed by atoms with Gasteiger partial charge in [0, 0.05) is 17.4 Å². The van der Waals surface area contributed by atoms with E-state index in [1.807, 2.05) is 59.5 Å². The predicted molar refractivity (Wildman–Crippen MR) is 148 cm³/mol. The van der Waals surface area contributed by atoms with E-state index in [4.69, 9.17) is 21.4 Å². The number of furan rings is 1. The number of carbonyl (C=O) groups is 1. The predicted octanol–water partition coefficient (Wildman–Crippen LogP) is 6.54. The highest BCUT2D eigenvalue weighted by molar-refractivity contribution is 7.80. The number of ether oxygens (including phenoxy) is 1. The number of carboxylic acids is 1. The largest absolute Gasteiger partial charge is 0.490 e. The Hall–Kier alpha value is -4.17. The first-order valence-electron chi connectivity index (χ1n) is 12.8. The van der Waals surface area contributed by atoms with Crippen molar-refractivity contribution in [3.05, 3.63) is 102 Å². The zero-order valence-electron chi connectivity index (χ0n) is 20.6. The second-order valence-electron chi connectivity index (χ2n) is 9.57. The van der Waals surface area contributed by atoms with Crippen LogP contribution in [-0.2, 0) is 0 Å². The molecule has 2 fully saturated rings. The molecule has 8 heteroatoms. The highest BCUT2D eigenvalue weighted by Crippen LogP contribution is 2.43. The van der Waals surface area contributed by atoms with E-state index in [0.717, 1.165) is 30.0 Å². The molecular weight excluding hydrogens is 498 g/mol. The zero-order chi connectivity index (χ0) is 26.1. The molecule has 1 saturated heterocycles. The van der Waals surface area contributed by atoms with Crippen molar-refractivity contribution < 1.29 is 19.1 Å². The van der Waals surface area contributed by atoms with Crippen LogP contribution in [0.25, 0.3) is 11.3 Å². The molecule has 4 aromatic rings. The van der Waals surface area contributed by atoms with Crippen LogP contribution in [0.5, 0.6) is 5.75 Å². The van der Waals surface area contributed by atoms with Crippen molar-refractivity contribution in [2.45, 2.75) is 43.9 Å². The van der Waals surface area contributed by atoms with Crippen LogP contribution in [0.2, 0.25) is 0 Å². The number of hydrogen-bond donors (Lipinski definition) is 2. The molecule has 1 saturated carbocycles. The monoisotopic (exact) mass is 525 g/mol. The Morgan fingerprint density at radius 3 is 2.50 bits per heavy atom. The van der Waals surface area contributed by atoms with E-state index in [1.54, 1.807) is 30.5 Å². The van der Waals surface area contributed by atoms with Crippen molar-refractivity contribution in [2.75, 3.05) is 4.90 Å². The topological polar surface area (TPSA) is 87.8 Å². The number of hydrogen-bond acceptors (Lipinski definition) is 5. The lowest BCUT2D eigenvalue weighted by atomic mass is 10.0. The van der Waals surface area contributed by atoms with Crippen LogP contribution >= 0.6 is 12.2 Å². The number of nitrogens with zero attached hydrogens (tertiary/aromatic N) is 2. The SMILES string of the molecule is O=C(O)c1ccccc1-c1ccc(C2C(c3ccccn3)NC(=S)N2c2ccc(OC3CCCC3)cc2)o1. The maximum atomic E-state index is 11.8. The van der Waals surface area contributed by atoms with E-state index in [0.29, 0.717) is 22.2 Å². The Morgan fingerprint density at radius 2 is 1.76 bits per heavy atom. The molecule has 6 rings (SSSR count). The highest BCUT2D eigenvalue weighted by Gasteiger charge is 2.42. The van der Waals surface area contributed by atoms with Crippen molar-refractivity contribution in [3.63, 3.8) is 0 Å². The molecule has 2 aromatic heterocycles. The minimum atomic E-state index is -1.00. The van der Waals surface area contributed by atoms with Gasteiger partial charge in [-0.15, -0.1) is 0 Å². The van der Waals surface area contributed by atoms with Gasteiger partial charge in [0.05, 0.1) is 23.4 Å². The van der Waals surface area contributed by atoms with E-state index in [2.05, 4.69) is 10.3 Å². The zero-order valence-corrected chi connectivity index (χ0v) is 21.4. The van der Waals surface area contributed by atoms with Gasteiger partial charge in [-0.3, -0.25) is 4.98 Å². The third kappa shape index (κ3) is 4.63. The summed E-state index contributed by atoms with van der Waals surface area (Å²) < 4.78 is 12.5. The van der Waals surface area contributed by atoms with Crippen LogP contribution in [0.4, 0.5) is 5.69 Å². The number of aromatic carboxylic acids is 1. The average Bonchev–Trinajstić information content (AvgIpc) is 3.70. The van der Waals surface area contributed by atoms with Gasteiger partial charge in [-0.2, -0.15) is 0 Å². The standard InChI is InChI=1S/C30H27N3O4S/c34-29(35)23-10-4-3-9-22(23)25-16-17-26(37-25)28-27(24-11-5-6-18-31-24)32-30(38)33(28)19-12-14-21(15-13-19)36-20-7-1-2-8-20/h3-6,9-18,20,27-28H,1-2,7-8H2,(H,32,38)(H,34,35). The molecule has 1 aliphatic carbocycles. The van der Waals surface area contributed by atoms with E-state index < -0.39 is 5.97 Å². The summed E-state index contributed by atoms with van der Waals surface area (Å²) in [6.07, 6.45) is 6.67. The lowest BCUT2D eigenvalue weighted by Gasteiger charge is -2.26. The van der Waals surface area contributed by atoms with E-state index in [1.165, 1.54) is 12.8 Å². The van der Waals surface area contributed by atoms with Gasteiger partial charge in [0.15, 0.2) is 5.11 Å². The Labute approximate surface area is 226 Å². The molecule has 2 aromatic carbocycles. The summed E-state index contributed by atoms with van der Waals surface area (Å²) >= 11 is 5.82. The van der Waals surface area contributed by atoms with Gasteiger partial charge in [-0.25, -0.2) is 4.79 Å². The van der Waals surface area contributed by atoms with Gasteiger partial charge in [-0.1, -0.05) is 24.3 Å². The van der Waals surface area contributed by atoms with Crippen LogP contribution in [0.3, 0.4) is 0 Å². The number of benzene rings is 2. The fourth-order valence-electron chi connectivity index (χ4n) is 5.35. The second-order valence-corrected chi connectivity index (χ2v) is 9.95. The van der Waals surface area contributed by atoms with Crippen LogP contribution in [0.15, 0.2) is 89.5 Å². The van der Waals surface area contributed by atoms with Crippen molar-refractivity contribution in [3.8, 4) is 17.1 Å². The third-order valence-corrected chi connectivity index (χ3v) is 7.47. The first-order valence-corrected chi connectivity index (χ1v) is 13.2. The average molecular weight is 526 g/mol. The van der Waals surface area contributed by atoms with Gasteiger partial charge < -0.3 is 24.5 Å². The molecule has 2 atom stereocenters. The number of pyridine rings is 1. The van der Waals surface area contributed by atoms with Gasteiger partial charge >= 0.3 is 5.97 Å². The fraction of sp³-hybridized carbons (Fsp3) is 0.233. The molecule has 2 unspecified atom stereocenters. The van der Waals surface area contributed by atoms with Crippen molar-refractivity contribution in [1.29, 1.82) is 0 Å². The quantitative estimate of drug-likeness (QED) is 0.263. The van der Waals surface area contributed by atoms with Crippen molar-refractivity contribution in [2.24, 2.45) is 0 Å². The van der Waals surface area contributed by atoms with Crippen LogP contribution < -0.4 is 15.0 Å². The number of aromatic nitrogens is 1. The first kappa shape index (κ1) is 24.2. The summed E-state index contributed by atoms with van der Waals surface area (Å²) in [5.41, 5.74) is 2.43. The molecule has 192 valence electrons. The molecule has 0 radical (unpaired) electrons. The summed E-state index contributed by atoms with van der Waals surface area (Å²) in [6, 6.07) is 23.7. The molecule has 0 spiro atoms. The molecule has 3 heterocycles. The number of rotatable bonds is 7. The van der Waals surface area contributed by atoms with Gasteiger partial charge in [0.1, 0.15) is 23.3 Å². The Bertz CT molecular complexity index is 1450. The molecule has 0 bridgehead atoms. The minimum Gasteiger partial charge on any atom is -0.490 e. The summed E-state index contributed by atoms with van der Waals surface area (Å²) in [4.78, 5) is 18.4. The summed E-state index contributed by atoms with van der Waals surface area (Å²) in [6.45, 7) is 0. The maximum absolute atomic E-state index is 11.8. The van der Waals surface area contributed by atoms with E-state index in [-0.39, 0.29) is 23.8 Å². The highest BCUT2D eigenvalue weighted by atomic mass is 32.1. The van der Waals surface area contributed by atoms with Crippen molar-refractivity contribution in [1.82, 2.24) is 10.3 Å². The molecule has 7 nitrogen and oxygen atoms in total. The first-order chi connectivity index (χ1) is 18.6. The second kappa shape index (κ2) is 10.3. The molecule has 2 aliphatic rings.